The lowest BCUT2D eigenvalue weighted by Crippen LogP contribution is -2.42. The molecular formula is C20H32ClN3O. The first-order chi connectivity index (χ1) is 11.4. The molecule has 2 fully saturated rings. The van der Waals surface area contributed by atoms with Gasteiger partial charge in [-0.15, -0.1) is 12.4 Å². The molecule has 3 rings (SSSR count). The van der Waals surface area contributed by atoms with Crippen molar-refractivity contribution in [2.75, 3.05) is 13.1 Å². The second kappa shape index (κ2) is 7.63. The zero-order chi connectivity index (χ0) is 17.4. The van der Waals surface area contributed by atoms with Crippen LogP contribution in [0.5, 0.6) is 0 Å². The van der Waals surface area contributed by atoms with Crippen molar-refractivity contribution in [3.8, 4) is 0 Å². The summed E-state index contributed by atoms with van der Waals surface area (Å²) in [6.45, 7) is 11.6. The second-order valence-electron chi connectivity index (χ2n) is 8.50. The number of aromatic nitrogens is 1. The van der Waals surface area contributed by atoms with Crippen molar-refractivity contribution >= 4 is 18.3 Å². The predicted octanol–water partition coefficient (Wildman–Crippen LogP) is 3.66. The number of nitrogens with one attached hydrogen (secondary N) is 1. The fraction of sp³-hybridized carbons (Fsp3) is 0.700. The molecule has 1 aromatic rings. The number of halogens is 1. The van der Waals surface area contributed by atoms with Crippen molar-refractivity contribution in [1.29, 1.82) is 0 Å². The summed E-state index contributed by atoms with van der Waals surface area (Å²) < 4.78 is 0. The number of carbonyl (C=O) groups is 1. The van der Waals surface area contributed by atoms with E-state index in [-0.39, 0.29) is 29.2 Å². The Hall–Kier alpha value is -1.13. The molecule has 0 radical (unpaired) electrons. The van der Waals surface area contributed by atoms with E-state index in [4.69, 9.17) is 0 Å². The Labute approximate surface area is 158 Å². The summed E-state index contributed by atoms with van der Waals surface area (Å²) in [7, 11) is 0. The van der Waals surface area contributed by atoms with E-state index in [0.717, 1.165) is 38.0 Å². The Morgan fingerprint density at radius 2 is 1.92 bits per heavy atom. The molecule has 0 spiro atoms. The highest BCUT2D eigenvalue weighted by atomic mass is 35.5. The molecule has 140 valence electrons. The summed E-state index contributed by atoms with van der Waals surface area (Å²) in [6, 6.07) is 6.28. The summed E-state index contributed by atoms with van der Waals surface area (Å²) >= 11 is 0. The molecule has 1 atom stereocenters. The van der Waals surface area contributed by atoms with Crippen molar-refractivity contribution < 1.29 is 4.79 Å². The maximum absolute atomic E-state index is 13.4. The minimum Gasteiger partial charge on any atom is -0.333 e. The van der Waals surface area contributed by atoms with Crippen molar-refractivity contribution in [3.05, 3.63) is 30.1 Å². The molecule has 1 unspecified atom stereocenters. The number of amides is 1. The van der Waals surface area contributed by atoms with E-state index in [1.54, 1.807) is 0 Å². The molecule has 5 heteroatoms. The Morgan fingerprint density at radius 1 is 1.20 bits per heavy atom. The number of nitrogens with zero attached hydrogens (tertiary/aromatic N) is 2. The van der Waals surface area contributed by atoms with Crippen molar-refractivity contribution in [2.45, 2.75) is 59.5 Å². The average Bonchev–Trinajstić information content (AvgIpc) is 3.10. The van der Waals surface area contributed by atoms with Crippen LogP contribution in [0, 0.1) is 16.7 Å². The highest BCUT2D eigenvalue weighted by Crippen LogP contribution is 2.69. The standard InChI is InChI=1S/C20H31N3O.ClH/c1-19(2)17(20(19,3)4)18(24)23(14-15-8-5-6-12-22-15)16-9-7-11-21-13-10-16;/h5-6,8,12,16-17,21H,7,9-11,13-14H2,1-4H3;1H. The average molecular weight is 366 g/mol. The smallest absolute Gasteiger partial charge is 0.227 e. The van der Waals surface area contributed by atoms with E-state index >= 15 is 0 Å². The molecule has 1 aromatic heterocycles. The van der Waals surface area contributed by atoms with Gasteiger partial charge in [-0.25, -0.2) is 0 Å². The number of carbonyl (C=O) groups excluding carboxylic acids is 1. The maximum Gasteiger partial charge on any atom is 0.227 e. The molecule has 4 nitrogen and oxygen atoms in total. The molecule has 0 aromatic carbocycles. The van der Waals surface area contributed by atoms with E-state index in [0.29, 0.717) is 18.5 Å². The third-order valence-corrected chi connectivity index (χ3v) is 6.60. The van der Waals surface area contributed by atoms with Crippen LogP contribution in [0.15, 0.2) is 24.4 Å². The van der Waals surface area contributed by atoms with E-state index < -0.39 is 0 Å². The Balaban J connectivity index is 0.00000225. The molecule has 2 heterocycles. The molecule has 25 heavy (non-hydrogen) atoms. The third kappa shape index (κ3) is 3.85. The molecule has 1 aliphatic carbocycles. The highest BCUT2D eigenvalue weighted by Gasteiger charge is 2.69. The summed E-state index contributed by atoms with van der Waals surface area (Å²) in [5.41, 5.74) is 1.14. The Bertz CT molecular complexity index is 566. The van der Waals surface area contributed by atoms with Crippen LogP contribution in [0.2, 0.25) is 0 Å². The maximum atomic E-state index is 13.4. The van der Waals surface area contributed by atoms with Crippen LogP contribution in [0.3, 0.4) is 0 Å². The molecule has 1 N–H and O–H groups in total. The first kappa shape index (κ1) is 20.2. The van der Waals surface area contributed by atoms with Gasteiger partial charge >= 0.3 is 0 Å². The van der Waals surface area contributed by atoms with Crippen molar-refractivity contribution in [3.63, 3.8) is 0 Å². The fourth-order valence-corrected chi connectivity index (χ4v) is 4.35. The van der Waals surface area contributed by atoms with Gasteiger partial charge in [-0.05, 0) is 55.3 Å². The quantitative estimate of drug-likeness (QED) is 0.885. The van der Waals surface area contributed by atoms with Crippen molar-refractivity contribution in [2.24, 2.45) is 16.7 Å². The third-order valence-electron chi connectivity index (χ3n) is 6.60. The highest BCUT2D eigenvalue weighted by molar-refractivity contribution is 5.85. The van der Waals surface area contributed by atoms with Gasteiger partial charge in [0.2, 0.25) is 5.91 Å². The van der Waals surface area contributed by atoms with E-state index in [9.17, 15) is 4.79 Å². The van der Waals surface area contributed by atoms with Gasteiger partial charge in [-0.2, -0.15) is 0 Å². The van der Waals surface area contributed by atoms with Crippen molar-refractivity contribution in [1.82, 2.24) is 15.2 Å². The Morgan fingerprint density at radius 3 is 2.52 bits per heavy atom. The summed E-state index contributed by atoms with van der Waals surface area (Å²) in [6.07, 6.45) is 5.07. The minimum absolute atomic E-state index is 0. The molecule has 1 aliphatic heterocycles. The van der Waals surface area contributed by atoms with E-state index in [2.05, 4.69) is 42.9 Å². The van der Waals surface area contributed by atoms with Gasteiger partial charge in [0, 0.05) is 18.2 Å². The first-order valence-corrected chi connectivity index (χ1v) is 9.27. The number of hydrogen-bond acceptors (Lipinski definition) is 3. The van der Waals surface area contributed by atoms with Crippen LogP contribution in [-0.2, 0) is 11.3 Å². The van der Waals surface area contributed by atoms with Gasteiger partial charge in [-0.1, -0.05) is 33.8 Å². The number of pyridine rings is 1. The normalized spacial score (nSPS) is 24.7. The summed E-state index contributed by atoms with van der Waals surface area (Å²) in [5.74, 6) is 0.437. The Kier molecular flexibility index (Phi) is 6.16. The number of hydrogen-bond donors (Lipinski definition) is 1. The number of rotatable bonds is 4. The monoisotopic (exact) mass is 365 g/mol. The zero-order valence-electron chi connectivity index (χ0n) is 15.9. The topological polar surface area (TPSA) is 45.2 Å². The largest absolute Gasteiger partial charge is 0.333 e. The van der Waals surface area contributed by atoms with Crippen LogP contribution in [0.4, 0.5) is 0 Å². The van der Waals surface area contributed by atoms with Crippen LogP contribution in [0.1, 0.15) is 52.7 Å². The fourth-order valence-electron chi connectivity index (χ4n) is 4.35. The van der Waals surface area contributed by atoms with Gasteiger partial charge < -0.3 is 10.2 Å². The molecular weight excluding hydrogens is 334 g/mol. The van der Waals surface area contributed by atoms with Crippen LogP contribution >= 0.6 is 12.4 Å². The lowest BCUT2D eigenvalue weighted by atomic mass is 10.0. The van der Waals surface area contributed by atoms with Crippen LogP contribution in [0.25, 0.3) is 0 Å². The lowest BCUT2D eigenvalue weighted by molar-refractivity contribution is -0.137. The lowest BCUT2D eigenvalue weighted by Gasteiger charge is -2.32. The van der Waals surface area contributed by atoms with E-state index in [1.807, 2.05) is 24.4 Å². The zero-order valence-corrected chi connectivity index (χ0v) is 16.7. The summed E-state index contributed by atoms with van der Waals surface area (Å²) in [4.78, 5) is 20.0. The first-order valence-electron chi connectivity index (χ1n) is 9.27. The van der Waals surface area contributed by atoms with Gasteiger partial charge in [-0.3, -0.25) is 9.78 Å². The van der Waals surface area contributed by atoms with E-state index in [1.165, 1.54) is 0 Å². The van der Waals surface area contributed by atoms with Gasteiger partial charge in [0.05, 0.1) is 12.2 Å². The molecule has 1 amide bonds. The molecule has 1 saturated carbocycles. The van der Waals surface area contributed by atoms with Crippen LogP contribution in [-0.4, -0.2) is 34.9 Å². The minimum atomic E-state index is 0. The van der Waals surface area contributed by atoms with Gasteiger partial charge in [0.1, 0.15) is 0 Å². The van der Waals surface area contributed by atoms with Crippen LogP contribution < -0.4 is 5.32 Å². The predicted molar refractivity (Wildman–Crippen MR) is 104 cm³/mol. The molecule has 1 saturated heterocycles. The SMILES string of the molecule is CC1(C)C(C(=O)N(Cc2ccccn2)C2CCCNCC2)C1(C)C.Cl. The molecule has 0 bridgehead atoms. The van der Waals surface area contributed by atoms with Gasteiger partial charge in [0.25, 0.3) is 0 Å². The summed E-state index contributed by atoms with van der Waals surface area (Å²) in [5, 5.41) is 3.46. The molecule has 2 aliphatic rings. The van der Waals surface area contributed by atoms with Gasteiger partial charge in [0.15, 0.2) is 0 Å². The second-order valence-corrected chi connectivity index (χ2v) is 8.50.